The maximum absolute atomic E-state index is 12.0. The second-order valence-electron chi connectivity index (χ2n) is 2.48. The Hall–Kier alpha value is -0.110. The molecule has 1 aliphatic rings. The first-order valence-corrected chi connectivity index (χ1v) is 2.44. The summed E-state index contributed by atoms with van der Waals surface area (Å²) in [6.07, 6.45) is -0.193. The normalized spacial score (nSPS) is 49.3. The zero-order chi connectivity index (χ0) is 5.49. The summed E-state index contributed by atoms with van der Waals surface area (Å²) < 4.78 is 12.0. The second kappa shape index (κ2) is 1.19. The summed E-state index contributed by atoms with van der Waals surface area (Å²) in [5.41, 5.74) is -0.361. The van der Waals surface area contributed by atoms with Crippen LogP contribution in [0.4, 0.5) is 4.39 Å². The molecule has 0 aliphatic heterocycles. The fraction of sp³-hybridized carbons (Fsp3) is 1.00. The smallest absolute Gasteiger partial charge is 0.108 e. The molecule has 0 aromatic heterocycles. The maximum atomic E-state index is 12.0. The Morgan fingerprint density at radius 3 is 2.43 bits per heavy atom. The molecule has 1 aliphatic carbocycles. The highest BCUT2D eigenvalue weighted by atomic mass is 19.1. The van der Waals surface area contributed by atoms with Crippen LogP contribution in [0.5, 0.6) is 0 Å². The molecule has 0 aromatic rings. The Kier molecular flexibility index (Phi) is 0.854. The summed E-state index contributed by atoms with van der Waals surface area (Å²) in [6.45, 7) is 1.74. The Balaban J connectivity index is 2.36. The van der Waals surface area contributed by atoms with Crippen molar-refractivity contribution in [2.24, 2.45) is 5.41 Å². The molecule has 1 fully saturated rings. The van der Waals surface area contributed by atoms with Gasteiger partial charge in [0.2, 0.25) is 0 Å². The molecule has 0 radical (unpaired) electrons. The van der Waals surface area contributed by atoms with Gasteiger partial charge in [0, 0.05) is 5.41 Å². The van der Waals surface area contributed by atoms with Gasteiger partial charge >= 0.3 is 0 Å². The summed E-state index contributed by atoms with van der Waals surface area (Å²) in [7, 11) is 0. The van der Waals surface area contributed by atoms with E-state index in [4.69, 9.17) is 5.11 Å². The van der Waals surface area contributed by atoms with Crippen LogP contribution in [0.2, 0.25) is 0 Å². The van der Waals surface area contributed by atoms with Gasteiger partial charge in [-0.2, -0.15) is 0 Å². The molecule has 0 heterocycles. The van der Waals surface area contributed by atoms with Gasteiger partial charge in [0.15, 0.2) is 0 Å². The van der Waals surface area contributed by atoms with Crippen molar-refractivity contribution in [1.82, 2.24) is 0 Å². The summed E-state index contributed by atoms with van der Waals surface area (Å²) in [5, 5.41) is 8.40. The fourth-order valence-corrected chi connectivity index (χ4v) is 0.514. The summed E-state index contributed by atoms with van der Waals surface area (Å²) in [4.78, 5) is 0. The number of hydrogen-bond donors (Lipinski definition) is 1. The average Bonchev–Trinajstić information content (AvgIpc) is 2.18. The third-order valence-corrected chi connectivity index (χ3v) is 1.60. The van der Waals surface area contributed by atoms with E-state index in [0.29, 0.717) is 6.42 Å². The van der Waals surface area contributed by atoms with Crippen molar-refractivity contribution < 1.29 is 9.50 Å². The fourth-order valence-electron chi connectivity index (χ4n) is 0.514. The van der Waals surface area contributed by atoms with Crippen molar-refractivity contribution in [2.75, 3.05) is 6.61 Å². The molecule has 0 unspecified atom stereocenters. The van der Waals surface area contributed by atoms with Gasteiger partial charge < -0.3 is 5.11 Å². The number of alkyl halides is 1. The predicted octanol–water partition coefficient (Wildman–Crippen LogP) is 0.727. The zero-order valence-corrected chi connectivity index (χ0v) is 4.32. The molecule has 7 heavy (non-hydrogen) atoms. The third-order valence-electron chi connectivity index (χ3n) is 1.60. The van der Waals surface area contributed by atoms with E-state index in [1.807, 2.05) is 0 Å². The number of aliphatic hydroxyl groups excluding tert-OH is 1. The van der Waals surface area contributed by atoms with Crippen LogP contribution in [-0.4, -0.2) is 17.9 Å². The molecule has 2 atom stereocenters. The van der Waals surface area contributed by atoms with E-state index in [-0.39, 0.29) is 12.0 Å². The van der Waals surface area contributed by atoms with Crippen LogP contribution in [0.25, 0.3) is 0 Å². The van der Waals surface area contributed by atoms with Gasteiger partial charge in [-0.1, -0.05) is 6.92 Å². The Morgan fingerprint density at radius 1 is 2.00 bits per heavy atom. The van der Waals surface area contributed by atoms with Gasteiger partial charge in [-0.05, 0) is 6.42 Å². The van der Waals surface area contributed by atoms with Crippen molar-refractivity contribution in [3.05, 3.63) is 0 Å². The van der Waals surface area contributed by atoms with Crippen molar-refractivity contribution in [1.29, 1.82) is 0 Å². The minimum absolute atomic E-state index is 0.00579. The highest BCUT2D eigenvalue weighted by Gasteiger charge is 2.50. The molecule has 1 nitrogen and oxygen atoms in total. The van der Waals surface area contributed by atoms with Crippen LogP contribution >= 0.6 is 0 Å². The molecular formula is C5H9FO. The van der Waals surface area contributed by atoms with E-state index in [1.165, 1.54) is 0 Å². The minimum atomic E-state index is -0.738. The molecule has 1 N–H and O–H groups in total. The van der Waals surface area contributed by atoms with Crippen LogP contribution in [0.15, 0.2) is 0 Å². The van der Waals surface area contributed by atoms with E-state index in [2.05, 4.69) is 0 Å². The molecular weight excluding hydrogens is 95.1 g/mol. The molecule has 42 valence electrons. The third kappa shape index (κ3) is 0.630. The van der Waals surface area contributed by atoms with Gasteiger partial charge in [0.25, 0.3) is 0 Å². The molecule has 1 saturated carbocycles. The van der Waals surface area contributed by atoms with Crippen LogP contribution in [0.1, 0.15) is 13.3 Å². The van der Waals surface area contributed by atoms with Gasteiger partial charge in [0.05, 0.1) is 6.61 Å². The monoisotopic (exact) mass is 104 g/mol. The first kappa shape index (κ1) is 5.04. The number of halogens is 1. The Labute approximate surface area is 42.2 Å². The van der Waals surface area contributed by atoms with Crippen LogP contribution in [-0.2, 0) is 0 Å². The summed E-state index contributed by atoms with van der Waals surface area (Å²) in [5.74, 6) is 0. The largest absolute Gasteiger partial charge is 0.396 e. The van der Waals surface area contributed by atoms with E-state index in [0.717, 1.165) is 0 Å². The summed E-state index contributed by atoms with van der Waals surface area (Å²) in [6, 6.07) is 0. The first-order chi connectivity index (χ1) is 3.19. The number of hydrogen-bond acceptors (Lipinski definition) is 1. The van der Waals surface area contributed by atoms with E-state index < -0.39 is 6.17 Å². The van der Waals surface area contributed by atoms with Crippen LogP contribution in [0, 0.1) is 5.41 Å². The van der Waals surface area contributed by atoms with E-state index in [1.54, 1.807) is 6.92 Å². The lowest BCUT2D eigenvalue weighted by Gasteiger charge is -1.97. The zero-order valence-electron chi connectivity index (χ0n) is 4.32. The second-order valence-corrected chi connectivity index (χ2v) is 2.48. The van der Waals surface area contributed by atoms with E-state index in [9.17, 15) is 4.39 Å². The van der Waals surface area contributed by atoms with Gasteiger partial charge in [-0.3, -0.25) is 0 Å². The first-order valence-electron chi connectivity index (χ1n) is 2.44. The minimum Gasteiger partial charge on any atom is -0.396 e. The van der Waals surface area contributed by atoms with Crippen molar-refractivity contribution in [2.45, 2.75) is 19.5 Å². The lowest BCUT2D eigenvalue weighted by molar-refractivity contribution is 0.199. The van der Waals surface area contributed by atoms with Gasteiger partial charge in [0.1, 0.15) is 6.17 Å². The SMILES string of the molecule is C[C@]1(CO)C[C@H]1F. The average molecular weight is 104 g/mol. The van der Waals surface area contributed by atoms with Gasteiger partial charge in [-0.25, -0.2) is 4.39 Å². The molecule has 1 rings (SSSR count). The lowest BCUT2D eigenvalue weighted by Crippen LogP contribution is -2.03. The highest BCUT2D eigenvalue weighted by Crippen LogP contribution is 2.47. The Morgan fingerprint density at radius 2 is 2.43 bits per heavy atom. The lowest BCUT2D eigenvalue weighted by atomic mass is 10.2. The molecule has 0 amide bonds. The van der Waals surface area contributed by atoms with Crippen molar-refractivity contribution in [3.8, 4) is 0 Å². The molecule has 2 heteroatoms. The van der Waals surface area contributed by atoms with Crippen LogP contribution < -0.4 is 0 Å². The molecule has 0 saturated heterocycles. The molecule has 0 bridgehead atoms. The number of aliphatic hydroxyl groups is 1. The number of rotatable bonds is 1. The standard InChI is InChI=1S/C5H9FO/c1-5(3-7)2-4(5)6/h4,7H,2-3H2,1H3/t4-,5-/m1/s1. The topological polar surface area (TPSA) is 20.2 Å². The molecule has 0 aromatic carbocycles. The van der Waals surface area contributed by atoms with Gasteiger partial charge in [-0.15, -0.1) is 0 Å². The quantitative estimate of drug-likeness (QED) is 0.520. The predicted molar refractivity (Wildman–Crippen MR) is 24.7 cm³/mol. The highest BCUT2D eigenvalue weighted by molar-refractivity contribution is 4.98. The van der Waals surface area contributed by atoms with Crippen LogP contribution in [0.3, 0.4) is 0 Å². The molecule has 0 spiro atoms. The maximum Gasteiger partial charge on any atom is 0.108 e. The Bertz CT molecular complexity index is 80.1. The van der Waals surface area contributed by atoms with Crippen molar-refractivity contribution in [3.63, 3.8) is 0 Å². The van der Waals surface area contributed by atoms with Crippen molar-refractivity contribution >= 4 is 0 Å². The van der Waals surface area contributed by atoms with E-state index >= 15 is 0 Å². The summed E-state index contributed by atoms with van der Waals surface area (Å²) >= 11 is 0.